The quantitative estimate of drug-likeness (QED) is 0.849. The second-order valence-corrected chi connectivity index (χ2v) is 5.56. The fourth-order valence-electron chi connectivity index (χ4n) is 1.39. The van der Waals surface area contributed by atoms with Crippen LogP contribution in [0.15, 0.2) is 22.7 Å². The summed E-state index contributed by atoms with van der Waals surface area (Å²) in [6.45, 7) is 4.90. The Kier molecular flexibility index (Phi) is 5.43. The van der Waals surface area contributed by atoms with Gasteiger partial charge in [0.15, 0.2) is 0 Å². The summed E-state index contributed by atoms with van der Waals surface area (Å²) in [5.41, 5.74) is 0.521. The first kappa shape index (κ1) is 14.5. The first-order valence-electron chi connectivity index (χ1n) is 5.70. The average Bonchev–Trinajstić information content (AvgIpc) is 2.20. The number of halogens is 1. The van der Waals surface area contributed by atoms with Crippen molar-refractivity contribution >= 4 is 15.9 Å². The van der Waals surface area contributed by atoms with E-state index in [1.807, 2.05) is 25.2 Å². The predicted molar refractivity (Wildman–Crippen MR) is 73.3 cm³/mol. The molecule has 17 heavy (non-hydrogen) atoms. The van der Waals surface area contributed by atoms with E-state index in [-0.39, 0.29) is 0 Å². The Labute approximate surface area is 111 Å². The maximum absolute atomic E-state index is 9.58. The van der Waals surface area contributed by atoms with Crippen LogP contribution in [0.4, 0.5) is 0 Å². The molecular formula is C13H20BrNO2. The first-order chi connectivity index (χ1) is 7.92. The number of aliphatic hydroxyl groups is 1. The molecule has 3 nitrogen and oxygen atoms in total. The van der Waals surface area contributed by atoms with E-state index in [0.717, 1.165) is 16.8 Å². The van der Waals surface area contributed by atoms with Crippen LogP contribution in [0.25, 0.3) is 0 Å². The van der Waals surface area contributed by atoms with Gasteiger partial charge >= 0.3 is 0 Å². The van der Waals surface area contributed by atoms with E-state index in [0.29, 0.717) is 13.0 Å². The molecule has 0 aromatic heterocycles. The van der Waals surface area contributed by atoms with Crippen LogP contribution in [0.2, 0.25) is 0 Å². The molecule has 0 radical (unpaired) electrons. The van der Waals surface area contributed by atoms with Crippen molar-refractivity contribution in [3.63, 3.8) is 0 Å². The van der Waals surface area contributed by atoms with Gasteiger partial charge in [0, 0.05) is 13.0 Å². The van der Waals surface area contributed by atoms with Gasteiger partial charge in [-0.15, -0.1) is 0 Å². The summed E-state index contributed by atoms with van der Waals surface area (Å²) in [4.78, 5) is 0. The summed E-state index contributed by atoms with van der Waals surface area (Å²) in [5.74, 6) is 0.814. The second kappa shape index (κ2) is 6.38. The molecule has 0 saturated carbocycles. The highest BCUT2D eigenvalue weighted by Gasteiger charge is 2.12. The Hall–Kier alpha value is -0.580. The minimum Gasteiger partial charge on any atom is -0.492 e. The first-order valence-corrected chi connectivity index (χ1v) is 6.50. The van der Waals surface area contributed by atoms with E-state index in [1.165, 1.54) is 5.56 Å². The van der Waals surface area contributed by atoms with Gasteiger partial charge in [-0.05, 0) is 54.5 Å². The molecule has 0 bridgehead atoms. The third-order valence-electron chi connectivity index (χ3n) is 2.35. The predicted octanol–water partition coefficient (Wildman–Crippen LogP) is 2.71. The van der Waals surface area contributed by atoms with E-state index in [1.54, 1.807) is 13.8 Å². The summed E-state index contributed by atoms with van der Waals surface area (Å²) >= 11 is 3.48. The Morgan fingerprint density at radius 1 is 1.41 bits per heavy atom. The summed E-state index contributed by atoms with van der Waals surface area (Å²) in [6, 6.07) is 6.01. The summed E-state index contributed by atoms with van der Waals surface area (Å²) in [6.07, 6.45) is 0.609. The van der Waals surface area contributed by atoms with Gasteiger partial charge in [0.05, 0.1) is 16.7 Å². The molecule has 2 N–H and O–H groups in total. The van der Waals surface area contributed by atoms with Gasteiger partial charge in [0.2, 0.25) is 0 Å². The van der Waals surface area contributed by atoms with Gasteiger partial charge in [-0.3, -0.25) is 0 Å². The Morgan fingerprint density at radius 2 is 2.12 bits per heavy atom. The monoisotopic (exact) mass is 301 g/mol. The highest BCUT2D eigenvalue weighted by Crippen LogP contribution is 2.26. The van der Waals surface area contributed by atoms with Crippen molar-refractivity contribution in [2.75, 3.05) is 13.7 Å². The molecule has 0 fully saturated rings. The fraction of sp³-hybridized carbons (Fsp3) is 0.538. The van der Waals surface area contributed by atoms with Crippen molar-refractivity contribution in [1.82, 2.24) is 5.32 Å². The number of nitrogens with one attached hydrogen (secondary N) is 1. The molecule has 96 valence electrons. The lowest BCUT2D eigenvalue weighted by atomic mass is 10.1. The largest absolute Gasteiger partial charge is 0.492 e. The molecule has 1 aromatic carbocycles. The topological polar surface area (TPSA) is 41.5 Å². The van der Waals surface area contributed by atoms with Crippen LogP contribution in [-0.2, 0) is 6.54 Å². The third kappa shape index (κ3) is 5.52. The van der Waals surface area contributed by atoms with Gasteiger partial charge in [-0.2, -0.15) is 0 Å². The van der Waals surface area contributed by atoms with Crippen molar-refractivity contribution in [3.05, 3.63) is 28.2 Å². The van der Waals surface area contributed by atoms with Crippen molar-refractivity contribution in [3.8, 4) is 5.75 Å². The fourth-order valence-corrected chi connectivity index (χ4v) is 1.93. The SMILES string of the molecule is CNCc1ccc(OCCC(C)(C)O)c(Br)c1. The highest BCUT2D eigenvalue weighted by molar-refractivity contribution is 9.10. The number of rotatable bonds is 6. The van der Waals surface area contributed by atoms with Crippen LogP contribution in [0.1, 0.15) is 25.8 Å². The maximum Gasteiger partial charge on any atom is 0.133 e. The van der Waals surface area contributed by atoms with Gasteiger partial charge in [0.1, 0.15) is 5.75 Å². The molecule has 0 amide bonds. The van der Waals surface area contributed by atoms with Crippen LogP contribution < -0.4 is 10.1 Å². The normalized spacial score (nSPS) is 11.6. The summed E-state index contributed by atoms with van der Waals surface area (Å²) in [7, 11) is 1.92. The molecule has 0 aliphatic carbocycles. The van der Waals surface area contributed by atoms with E-state index < -0.39 is 5.60 Å². The molecule has 4 heteroatoms. The number of hydrogen-bond donors (Lipinski definition) is 2. The zero-order valence-electron chi connectivity index (χ0n) is 10.6. The third-order valence-corrected chi connectivity index (χ3v) is 2.97. The highest BCUT2D eigenvalue weighted by atomic mass is 79.9. The average molecular weight is 302 g/mol. The Balaban J connectivity index is 2.54. The van der Waals surface area contributed by atoms with Crippen molar-refractivity contribution in [2.45, 2.75) is 32.4 Å². The number of hydrogen-bond acceptors (Lipinski definition) is 3. The minimum atomic E-state index is -0.682. The summed E-state index contributed by atoms with van der Waals surface area (Å²) < 4.78 is 6.56. The standard InChI is InChI=1S/C13H20BrNO2/c1-13(2,16)6-7-17-12-5-4-10(9-15-3)8-11(12)14/h4-5,8,15-16H,6-7,9H2,1-3H3. The van der Waals surface area contributed by atoms with Crippen molar-refractivity contribution < 1.29 is 9.84 Å². The molecule has 0 aliphatic rings. The summed E-state index contributed by atoms with van der Waals surface area (Å²) in [5, 5.41) is 12.7. The van der Waals surface area contributed by atoms with E-state index in [4.69, 9.17) is 4.74 Å². The van der Waals surface area contributed by atoms with E-state index in [9.17, 15) is 5.11 Å². The number of ether oxygens (including phenoxy) is 1. The van der Waals surface area contributed by atoms with Crippen LogP contribution in [0, 0.1) is 0 Å². The zero-order valence-corrected chi connectivity index (χ0v) is 12.2. The van der Waals surface area contributed by atoms with Crippen molar-refractivity contribution in [1.29, 1.82) is 0 Å². The van der Waals surface area contributed by atoms with Gasteiger partial charge in [0.25, 0.3) is 0 Å². The molecular weight excluding hydrogens is 282 g/mol. The Morgan fingerprint density at radius 3 is 2.65 bits per heavy atom. The minimum absolute atomic E-state index is 0.507. The molecule has 0 spiro atoms. The Bertz CT molecular complexity index is 361. The molecule has 0 heterocycles. The van der Waals surface area contributed by atoms with Gasteiger partial charge < -0.3 is 15.2 Å². The zero-order chi connectivity index (χ0) is 12.9. The maximum atomic E-state index is 9.58. The number of benzene rings is 1. The van der Waals surface area contributed by atoms with Crippen LogP contribution in [-0.4, -0.2) is 24.4 Å². The lowest BCUT2D eigenvalue weighted by molar-refractivity contribution is 0.0552. The van der Waals surface area contributed by atoms with Crippen LogP contribution in [0.3, 0.4) is 0 Å². The molecule has 0 atom stereocenters. The molecule has 0 saturated heterocycles. The molecule has 1 aromatic rings. The van der Waals surface area contributed by atoms with Gasteiger partial charge in [-0.25, -0.2) is 0 Å². The van der Waals surface area contributed by atoms with Crippen LogP contribution >= 0.6 is 15.9 Å². The molecule has 0 unspecified atom stereocenters. The van der Waals surface area contributed by atoms with Crippen molar-refractivity contribution in [2.24, 2.45) is 0 Å². The van der Waals surface area contributed by atoms with E-state index >= 15 is 0 Å². The lowest BCUT2D eigenvalue weighted by Crippen LogP contribution is -2.21. The molecule has 1 rings (SSSR count). The molecule has 0 aliphatic heterocycles. The second-order valence-electron chi connectivity index (χ2n) is 4.71. The lowest BCUT2D eigenvalue weighted by Gasteiger charge is -2.17. The smallest absolute Gasteiger partial charge is 0.133 e. The van der Waals surface area contributed by atoms with E-state index in [2.05, 4.69) is 21.2 Å². The van der Waals surface area contributed by atoms with Crippen LogP contribution in [0.5, 0.6) is 5.75 Å². The van der Waals surface area contributed by atoms with Gasteiger partial charge in [-0.1, -0.05) is 6.07 Å².